The largest absolute Gasteiger partial charge is 0.339 e. The molecule has 4 rings (SSSR count). The highest BCUT2D eigenvalue weighted by atomic mass is 32.1. The topological polar surface area (TPSA) is 106 Å². The maximum Gasteiger partial charge on any atom is 0.227 e. The van der Waals surface area contributed by atoms with Crippen molar-refractivity contribution in [3.05, 3.63) is 41.4 Å². The van der Waals surface area contributed by atoms with Crippen LogP contribution in [0.15, 0.2) is 35.1 Å². The van der Waals surface area contributed by atoms with Crippen molar-refractivity contribution in [2.45, 2.75) is 31.6 Å². The molecule has 1 saturated heterocycles. The molecule has 1 aliphatic rings. The zero-order chi connectivity index (χ0) is 18.5. The number of nitrogens with one attached hydrogen (secondary N) is 2. The van der Waals surface area contributed by atoms with Crippen LogP contribution in [0.3, 0.4) is 0 Å². The van der Waals surface area contributed by atoms with Crippen LogP contribution in [-0.2, 0) is 11.2 Å². The van der Waals surface area contributed by atoms with E-state index in [4.69, 9.17) is 4.52 Å². The van der Waals surface area contributed by atoms with Crippen LogP contribution in [0.25, 0.3) is 11.5 Å². The molecule has 1 aliphatic heterocycles. The van der Waals surface area contributed by atoms with Gasteiger partial charge in [-0.3, -0.25) is 9.78 Å². The van der Waals surface area contributed by atoms with Crippen LogP contribution >= 0.6 is 11.3 Å². The van der Waals surface area contributed by atoms with E-state index in [1.54, 1.807) is 17.5 Å². The molecule has 9 heteroatoms. The highest BCUT2D eigenvalue weighted by Gasteiger charge is 2.18. The van der Waals surface area contributed by atoms with Gasteiger partial charge >= 0.3 is 0 Å². The Balaban J connectivity index is 1.29. The molecule has 0 radical (unpaired) electrons. The Morgan fingerprint density at radius 3 is 3.00 bits per heavy atom. The fraction of sp³-hybridized carbons (Fsp3) is 0.389. The summed E-state index contributed by atoms with van der Waals surface area (Å²) >= 11 is 1.56. The van der Waals surface area contributed by atoms with E-state index in [-0.39, 0.29) is 12.3 Å². The minimum atomic E-state index is -0.112. The number of carbonyl (C=O) groups is 1. The predicted molar refractivity (Wildman–Crippen MR) is 101 cm³/mol. The maximum atomic E-state index is 12.2. The van der Waals surface area contributed by atoms with Crippen molar-refractivity contribution < 1.29 is 9.32 Å². The molecule has 4 heterocycles. The second-order valence-corrected chi connectivity index (χ2v) is 7.43. The number of aromatic nitrogens is 4. The molecular weight excluding hydrogens is 364 g/mol. The van der Waals surface area contributed by atoms with Crippen molar-refractivity contribution in [3.63, 3.8) is 0 Å². The Bertz CT molecular complexity index is 888. The molecule has 0 aliphatic carbocycles. The Morgan fingerprint density at radius 1 is 1.30 bits per heavy atom. The van der Waals surface area contributed by atoms with Gasteiger partial charge in [0.25, 0.3) is 0 Å². The molecule has 2 N–H and O–H groups in total. The van der Waals surface area contributed by atoms with Gasteiger partial charge in [-0.1, -0.05) is 11.2 Å². The van der Waals surface area contributed by atoms with Crippen molar-refractivity contribution >= 4 is 22.4 Å². The number of hydrogen-bond acceptors (Lipinski definition) is 8. The zero-order valence-corrected chi connectivity index (χ0v) is 15.5. The van der Waals surface area contributed by atoms with Crippen molar-refractivity contribution in [3.8, 4) is 11.5 Å². The summed E-state index contributed by atoms with van der Waals surface area (Å²) in [5.74, 6) is 1.27. The van der Waals surface area contributed by atoms with Gasteiger partial charge in [0.1, 0.15) is 5.69 Å². The van der Waals surface area contributed by atoms with Crippen LogP contribution in [0.2, 0.25) is 0 Å². The van der Waals surface area contributed by atoms with Crippen LogP contribution in [0.1, 0.15) is 35.9 Å². The quantitative estimate of drug-likeness (QED) is 0.673. The third kappa shape index (κ3) is 4.55. The van der Waals surface area contributed by atoms with Gasteiger partial charge in [0.15, 0.2) is 5.13 Å². The van der Waals surface area contributed by atoms with E-state index in [0.717, 1.165) is 25.9 Å². The first kappa shape index (κ1) is 17.7. The zero-order valence-electron chi connectivity index (χ0n) is 14.7. The first-order valence-electron chi connectivity index (χ1n) is 8.98. The molecule has 0 atom stereocenters. The number of hydrogen-bond donors (Lipinski definition) is 2. The van der Waals surface area contributed by atoms with E-state index in [9.17, 15) is 4.79 Å². The van der Waals surface area contributed by atoms with Crippen molar-refractivity contribution in [2.75, 3.05) is 18.4 Å². The Hall–Kier alpha value is -2.65. The van der Waals surface area contributed by atoms with E-state index in [1.807, 2.05) is 24.4 Å². The molecule has 140 valence electrons. The molecule has 3 aromatic heterocycles. The molecule has 0 spiro atoms. The summed E-state index contributed by atoms with van der Waals surface area (Å²) in [6.07, 6.45) is 6.42. The van der Waals surface area contributed by atoms with Crippen LogP contribution < -0.4 is 10.6 Å². The summed E-state index contributed by atoms with van der Waals surface area (Å²) in [5.41, 5.74) is 0.644. The van der Waals surface area contributed by atoms with Crippen LogP contribution in [-0.4, -0.2) is 39.1 Å². The van der Waals surface area contributed by atoms with E-state index >= 15 is 0 Å². The van der Waals surface area contributed by atoms with Crippen LogP contribution in [0, 0.1) is 0 Å². The number of carbonyl (C=O) groups excluding carboxylic acids is 1. The summed E-state index contributed by atoms with van der Waals surface area (Å²) in [6, 6.07) is 5.49. The molecule has 0 saturated carbocycles. The molecule has 27 heavy (non-hydrogen) atoms. The second kappa shape index (κ2) is 8.36. The first-order chi connectivity index (χ1) is 13.3. The van der Waals surface area contributed by atoms with Gasteiger partial charge in [0.05, 0.1) is 0 Å². The van der Waals surface area contributed by atoms with E-state index in [2.05, 4.69) is 30.7 Å². The molecule has 3 aromatic rings. The number of thiazole rings is 1. The number of pyridine rings is 1. The summed E-state index contributed by atoms with van der Waals surface area (Å²) in [4.78, 5) is 26.2. The van der Waals surface area contributed by atoms with Gasteiger partial charge in [-0.2, -0.15) is 4.98 Å². The number of nitrogens with zero attached hydrogens (tertiary/aromatic N) is 4. The highest BCUT2D eigenvalue weighted by Crippen LogP contribution is 2.31. The summed E-state index contributed by atoms with van der Waals surface area (Å²) in [6.45, 7) is 2.07. The molecule has 1 fully saturated rings. The lowest BCUT2D eigenvalue weighted by molar-refractivity contribution is -0.116. The van der Waals surface area contributed by atoms with Gasteiger partial charge in [0, 0.05) is 30.1 Å². The maximum absolute atomic E-state index is 12.2. The Kier molecular flexibility index (Phi) is 5.50. The monoisotopic (exact) mass is 384 g/mol. The third-order valence-electron chi connectivity index (χ3n) is 4.44. The molecule has 0 bridgehead atoms. The fourth-order valence-corrected chi connectivity index (χ4v) is 4.00. The van der Waals surface area contributed by atoms with Crippen molar-refractivity contribution in [1.29, 1.82) is 0 Å². The van der Waals surface area contributed by atoms with Crippen molar-refractivity contribution in [1.82, 2.24) is 25.4 Å². The lowest BCUT2D eigenvalue weighted by Crippen LogP contribution is -2.26. The summed E-state index contributed by atoms with van der Waals surface area (Å²) < 4.78 is 5.20. The average molecular weight is 384 g/mol. The van der Waals surface area contributed by atoms with E-state index in [0.29, 0.717) is 34.9 Å². The summed E-state index contributed by atoms with van der Waals surface area (Å²) in [7, 11) is 0. The third-order valence-corrected chi connectivity index (χ3v) is 5.51. The molecule has 0 unspecified atom stereocenters. The van der Waals surface area contributed by atoms with Gasteiger partial charge in [-0.25, -0.2) is 4.98 Å². The molecule has 0 aromatic carbocycles. The van der Waals surface area contributed by atoms with Crippen LogP contribution in [0.4, 0.5) is 5.13 Å². The molecule has 1 amide bonds. The smallest absolute Gasteiger partial charge is 0.227 e. The standard InChI is InChI=1S/C18H20N6O2S/c25-15(22-18-21-11-14(27-18)12-6-9-19-10-7-12)4-5-16-23-17(24-26-16)13-3-1-2-8-20-13/h1-3,8,11-12,19H,4-7,9-10H2,(H,21,22,25). The minimum absolute atomic E-state index is 0.112. The average Bonchev–Trinajstić information content (AvgIpc) is 3.37. The molecule has 8 nitrogen and oxygen atoms in total. The first-order valence-corrected chi connectivity index (χ1v) is 9.80. The van der Waals surface area contributed by atoms with E-state index in [1.165, 1.54) is 4.88 Å². The van der Waals surface area contributed by atoms with Gasteiger partial charge < -0.3 is 15.2 Å². The molecular formula is C18H20N6O2S. The number of piperidine rings is 1. The number of amides is 1. The number of aryl methyl sites for hydroxylation is 1. The lowest BCUT2D eigenvalue weighted by Gasteiger charge is -2.20. The highest BCUT2D eigenvalue weighted by molar-refractivity contribution is 7.15. The second-order valence-electron chi connectivity index (χ2n) is 6.37. The summed E-state index contributed by atoms with van der Waals surface area (Å²) in [5, 5.41) is 10.8. The predicted octanol–water partition coefficient (Wildman–Crippen LogP) is 2.63. The van der Waals surface area contributed by atoms with E-state index < -0.39 is 0 Å². The Labute approximate surface area is 160 Å². The van der Waals surface area contributed by atoms with Crippen LogP contribution in [0.5, 0.6) is 0 Å². The minimum Gasteiger partial charge on any atom is -0.339 e. The fourth-order valence-electron chi connectivity index (χ4n) is 3.00. The van der Waals surface area contributed by atoms with Crippen molar-refractivity contribution in [2.24, 2.45) is 0 Å². The van der Waals surface area contributed by atoms with Gasteiger partial charge in [0.2, 0.25) is 17.6 Å². The lowest BCUT2D eigenvalue weighted by atomic mass is 9.97. The van der Waals surface area contributed by atoms with Gasteiger partial charge in [-0.15, -0.1) is 11.3 Å². The van der Waals surface area contributed by atoms with Gasteiger partial charge in [-0.05, 0) is 44.0 Å². The normalized spacial score (nSPS) is 15.0. The Morgan fingerprint density at radius 2 is 2.19 bits per heavy atom. The number of rotatable bonds is 6. The SMILES string of the molecule is O=C(CCc1nc(-c2ccccn2)no1)Nc1ncc(C2CCNCC2)s1. The number of anilines is 1.